The van der Waals surface area contributed by atoms with Crippen LogP contribution in [-0.2, 0) is 10.0 Å². The molecule has 0 radical (unpaired) electrons. The highest BCUT2D eigenvalue weighted by Crippen LogP contribution is 2.40. The maximum Gasteiger partial charge on any atom is 0.240 e. The number of fused-ring (bicyclic) bond motifs is 1. The topological polar surface area (TPSA) is 102 Å². The van der Waals surface area contributed by atoms with Crippen LogP contribution in [0.2, 0.25) is 0 Å². The standard InChI is InChI=1S/C26H28N6O2S/c33-35(34,22-9-5-2-6-10-22)31-20-15-13-19(14-16-20)28-25-23-17-27-32(21-7-3-1-4-8-21)26(23)30-24(29-25)18-11-12-18/h1-10,17-20,31H,11-16H2,(H,28,29,30). The molecule has 0 spiro atoms. The third kappa shape index (κ3) is 4.66. The van der Waals surface area contributed by atoms with Gasteiger partial charge in [-0.15, -0.1) is 0 Å². The van der Waals surface area contributed by atoms with E-state index in [0.717, 1.165) is 66.9 Å². The Hall–Kier alpha value is -3.30. The first-order valence-electron chi connectivity index (χ1n) is 12.2. The minimum Gasteiger partial charge on any atom is -0.367 e. The predicted molar refractivity (Wildman–Crippen MR) is 135 cm³/mol. The second-order valence-corrected chi connectivity index (χ2v) is 11.2. The van der Waals surface area contributed by atoms with Crippen molar-refractivity contribution in [1.29, 1.82) is 0 Å². The van der Waals surface area contributed by atoms with E-state index in [1.54, 1.807) is 24.3 Å². The fraction of sp³-hybridized carbons (Fsp3) is 0.346. The summed E-state index contributed by atoms with van der Waals surface area (Å²) in [4.78, 5) is 10.1. The Labute approximate surface area is 204 Å². The number of aromatic nitrogens is 4. The first-order chi connectivity index (χ1) is 17.1. The number of hydrogen-bond acceptors (Lipinski definition) is 6. The fourth-order valence-corrected chi connectivity index (χ4v) is 6.08. The first-order valence-corrected chi connectivity index (χ1v) is 13.7. The van der Waals surface area contributed by atoms with Crippen LogP contribution in [0.4, 0.5) is 5.82 Å². The summed E-state index contributed by atoms with van der Waals surface area (Å²) < 4.78 is 30.1. The van der Waals surface area contributed by atoms with Gasteiger partial charge in [0.25, 0.3) is 0 Å². The monoisotopic (exact) mass is 488 g/mol. The van der Waals surface area contributed by atoms with Gasteiger partial charge < -0.3 is 5.32 Å². The molecule has 2 saturated carbocycles. The van der Waals surface area contributed by atoms with E-state index in [9.17, 15) is 8.42 Å². The average Bonchev–Trinajstić information content (AvgIpc) is 3.65. The number of benzene rings is 2. The van der Waals surface area contributed by atoms with E-state index in [2.05, 4.69) is 15.1 Å². The molecule has 0 unspecified atom stereocenters. The summed E-state index contributed by atoms with van der Waals surface area (Å²) in [5.74, 6) is 2.12. The van der Waals surface area contributed by atoms with E-state index >= 15 is 0 Å². The van der Waals surface area contributed by atoms with Gasteiger partial charge in [0.1, 0.15) is 11.6 Å². The van der Waals surface area contributed by atoms with Crippen LogP contribution in [-0.4, -0.2) is 40.2 Å². The van der Waals surface area contributed by atoms with Crippen molar-refractivity contribution >= 4 is 26.9 Å². The number of nitrogens with zero attached hydrogens (tertiary/aromatic N) is 4. The Morgan fingerprint density at radius 1 is 0.800 bits per heavy atom. The highest BCUT2D eigenvalue weighted by Gasteiger charge is 2.30. The summed E-state index contributed by atoms with van der Waals surface area (Å²) >= 11 is 0. The third-order valence-electron chi connectivity index (χ3n) is 6.83. The second kappa shape index (κ2) is 9.05. The smallest absolute Gasteiger partial charge is 0.240 e. The van der Waals surface area contributed by atoms with Crippen LogP contribution in [0, 0.1) is 0 Å². The minimum atomic E-state index is -3.50. The Morgan fingerprint density at radius 3 is 2.14 bits per heavy atom. The van der Waals surface area contributed by atoms with Gasteiger partial charge in [-0.25, -0.2) is 27.8 Å². The largest absolute Gasteiger partial charge is 0.367 e. The summed E-state index contributed by atoms with van der Waals surface area (Å²) in [6, 6.07) is 18.7. The van der Waals surface area contributed by atoms with Gasteiger partial charge in [-0.05, 0) is 62.8 Å². The van der Waals surface area contributed by atoms with Crippen LogP contribution in [0.1, 0.15) is 50.3 Å². The third-order valence-corrected chi connectivity index (χ3v) is 8.37. The maximum absolute atomic E-state index is 12.7. The lowest BCUT2D eigenvalue weighted by Gasteiger charge is -2.30. The molecule has 0 aliphatic heterocycles. The lowest BCUT2D eigenvalue weighted by Crippen LogP contribution is -2.40. The van der Waals surface area contributed by atoms with Crippen molar-refractivity contribution in [2.75, 3.05) is 5.32 Å². The molecule has 0 bridgehead atoms. The second-order valence-electron chi connectivity index (χ2n) is 9.46. The first kappa shape index (κ1) is 22.2. The molecular weight excluding hydrogens is 460 g/mol. The van der Waals surface area contributed by atoms with Crippen molar-refractivity contribution in [3.05, 3.63) is 72.7 Å². The molecule has 4 aromatic rings. The van der Waals surface area contributed by atoms with Gasteiger partial charge >= 0.3 is 0 Å². The SMILES string of the molecule is O=S(=O)(NC1CCC(Nc2nc(C3CC3)nc3c2cnn3-c2ccccc2)CC1)c1ccccc1. The summed E-state index contributed by atoms with van der Waals surface area (Å²) in [5, 5.41) is 9.17. The molecule has 2 heterocycles. The summed E-state index contributed by atoms with van der Waals surface area (Å²) in [6.45, 7) is 0. The zero-order chi connectivity index (χ0) is 23.8. The summed E-state index contributed by atoms with van der Waals surface area (Å²) in [5.41, 5.74) is 1.79. The Morgan fingerprint density at radius 2 is 1.46 bits per heavy atom. The molecular formula is C26H28N6O2S. The highest BCUT2D eigenvalue weighted by atomic mass is 32.2. The van der Waals surface area contributed by atoms with E-state index in [1.165, 1.54) is 0 Å². The lowest BCUT2D eigenvalue weighted by molar-refractivity contribution is 0.387. The van der Waals surface area contributed by atoms with E-state index in [4.69, 9.17) is 9.97 Å². The maximum atomic E-state index is 12.7. The van der Waals surface area contributed by atoms with Crippen molar-refractivity contribution < 1.29 is 8.42 Å². The van der Waals surface area contributed by atoms with Gasteiger partial charge in [0.15, 0.2) is 5.65 Å². The van der Waals surface area contributed by atoms with Gasteiger partial charge in [-0.1, -0.05) is 36.4 Å². The van der Waals surface area contributed by atoms with Gasteiger partial charge in [0, 0.05) is 18.0 Å². The zero-order valence-electron chi connectivity index (χ0n) is 19.3. The van der Waals surface area contributed by atoms with Crippen molar-refractivity contribution in [2.24, 2.45) is 0 Å². The molecule has 2 aliphatic rings. The van der Waals surface area contributed by atoms with Crippen LogP contribution >= 0.6 is 0 Å². The molecule has 180 valence electrons. The molecule has 8 nitrogen and oxygen atoms in total. The predicted octanol–water partition coefficient (Wildman–Crippen LogP) is 4.39. The number of rotatable bonds is 7. The molecule has 35 heavy (non-hydrogen) atoms. The van der Waals surface area contributed by atoms with E-state index in [-0.39, 0.29) is 12.1 Å². The fourth-order valence-electron chi connectivity index (χ4n) is 4.75. The minimum absolute atomic E-state index is 0.0634. The average molecular weight is 489 g/mol. The molecule has 0 amide bonds. The molecule has 6 rings (SSSR count). The molecule has 9 heteroatoms. The van der Waals surface area contributed by atoms with Crippen LogP contribution < -0.4 is 10.0 Å². The summed E-state index contributed by atoms with van der Waals surface area (Å²) in [6.07, 6.45) is 7.35. The van der Waals surface area contributed by atoms with Crippen LogP contribution in [0.3, 0.4) is 0 Å². The van der Waals surface area contributed by atoms with Gasteiger partial charge in [0.05, 0.1) is 22.2 Å². The summed E-state index contributed by atoms with van der Waals surface area (Å²) in [7, 11) is -3.50. The molecule has 2 fully saturated rings. The van der Waals surface area contributed by atoms with E-state index in [1.807, 2.05) is 47.3 Å². The molecule has 2 aromatic carbocycles. The molecule has 0 atom stereocenters. The van der Waals surface area contributed by atoms with Crippen molar-refractivity contribution in [2.45, 2.75) is 61.4 Å². The van der Waals surface area contributed by atoms with Gasteiger partial charge in [-0.3, -0.25) is 0 Å². The molecule has 2 N–H and O–H groups in total. The Balaban J connectivity index is 1.19. The number of para-hydroxylation sites is 1. The zero-order valence-corrected chi connectivity index (χ0v) is 20.2. The Kier molecular flexibility index (Phi) is 5.74. The normalized spacial score (nSPS) is 20.7. The molecule has 2 aromatic heterocycles. The van der Waals surface area contributed by atoms with Gasteiger partial charge in [-0.2, -0.15) is 5.10 Å². The highest BCUT2D eigenvalue weighted by molar-refractivity contribution is 7.89. The van der Waals surface area contributed by atoms with Crippen LogP contribution in [0.25, 0.3) is 16.7 Å². The van der Waals surface area contributed by atoms with Crippen molar-refractivity contribution in [3.63, 3.8) is 0 Å². The van der Waals surface area contributed by atoms with Gasteiger partial charge in [0.2, 0.25) is 10.0 Å². The number of hydrogen-bond donors (Lipinski definition) is 2. The van der Waals surface area contributed by atoms with Crippen molar-refractivity contribution in [1.82, 2.24) is 24.5 Å². The number of sulfonamides is 1. The lowest BCUT2D eigenvalue weighted by atomic mass is 9.92. The van der Waals surface area contributed by atoms with Crippen LogP contribution in [0.5, 0.6) is 0 Å². The van der Waals surface area contributed by atoms with Crippen LogP contribution in [0.15, 0.2) is 71.8 Å². The quantitative estimate of drug-likeness (QED) is 0.400. The number of nitrogens with one attached hydrogen (secondary N) is 2. The Bertz CT molecular complexity index is 1430. The van der Waals surface area contributed by atoms with E-state index in [0.29, 0.717) is 10.8 Å². The number of anilines is 1. The van der Waals surface area contributed by atoms with E-state index < -0.39 is 10.0 Å². The molecule has 0 saturated heterocycles. The molecule has 2 aliphatic carbocycles. The van der Waals surface area contributed by atoms with Crippen molar-refractivity contribution in [3.8, 4) is 5.69 Å².